The molecule has 8 aromatic rings. The first kappa shape index (κ1) is 30.9. The SMILES string of the molecule is CCCn1nc(OCc2ccc(-c3ccccc3-c3nnn(C(c4ccccc4)(c4ccccc4)c4ccccc4)n3)cc2)c2cccnc21. The fourth-order valence-corrected chi connectivity index (χ4v) is 6.67. The molecule has 8 rings (SSSR count). The predicted molar refractivity (Wildman–Crippen MR) is 195 cm³/mol. The van der Waals surface area contributed by atoms with Crippen LogP contribution in [0.25, 0.3) is 33.5 Å². The molecule has 0 atom stereocenters. The lowest BCUT2D eigenvalue weighted by molar-refractivity contribution is 0.292. The molecule has 0 spiro atoms. The maximum Gasteiger partial charge on any atom is 0.242 e. The lowest BCUT2D eigenvalue weighted by atomic mass is 9.77. The van der Waals surface area contributed by atoms with Crippen LogP contribution in [0.2, 0.25) is 0 Å². The first-order valence-corrected chi connectivity index (χ1v) is 16.9. The van der Waals surface area contributed by atoms with Gasteiger partial charge in [-0.25, -0.2) is 9.67 Å². The van der Waals surface area contributed by atoms with Crippen molar-refractivity contribution in [1.82, 2.24) is 35.0 Å². The van der Waals surface area contributed by atoms with E-state index in [2.05, 4.69) is 121 Å². The first-order chi connectivity index (χ1) is 24.8. The van der Waals surface area contributed by atoms with Gasteiger partial charge in [0.1, 0.15) is 6.61 Å². The molecule has 0 fully saturated rings. The number of tetrazole rings is 1. The third-order valence-corrected chi connectivity index (χ3v) is 9.01. The third-order valence-electron chi connectivity index (χ3n) is 9.01. The van der Waals surface area contributed by atoms with Gasteiger partial charge in [0.05, 0.1) is 5.39 Å². The first-order valence-electron chi connectivity index (χ1n) is 16.9. The number of aromatic nitrogens is 7. The summed E-state index contributed by atoms with van der Waals surface area (Å²) in [6.45, 7) is 3.31. The fraction of sp³-hybridized carbons (Fsp3) is 0.119. The largest absolute Gasteiger partial charge is 0.471 e. The second kappa shape index (κ2) is 13.6. The number of ether oxygens (including phenoxy) is 1. The highest BCUT2D eigenvalue weighted by Crippen LogP contribution is 2.40. The lowest BCUT2D eigenvalue weighted by Gasteiger charge is -2.34. The van der Waals surface area contributed by atoms with Gasteiger partial charge in [-0.1, -0.05) is 146 Å². The van der Waals surface area contributed by atoms with E-state index in [1.54, 1.807) is 11.0 Å². The minimum absolute atomic E-state index is 0.394. The zero-order valence-corrected chi connectivity index (χ0v) is 27.7. The minimum Gasteiger partial charge on any atom is -0.471 e. The summed E-state index contributed by atoms with van der Waals surface area (Å²) in [5, 5.41) is 20.2. The van der Waals surface area contributed by atoms with Crippen molar-refractivity contribution in [2.24, 2.45) is 0 Å². The van der Waals surface area contributed by atoms with Crippen molar-refractivity contribution in [3.63, 3.8) is 0 Å². The van der Waals surface area contributed by atoms with Gasteiger partial charge >= 0.3 is 0 Å². The van der Waals surface area contributed by atoms with Gasteiger partial charge in [-0.2, -0.15) is 0 Å². The Bertz CT molecular complexity index is 2240. The average molecular weight is 654 g/mol. The zero-order chi connectivity index (χ0) is 33.8. The second-order valence-corrected chi connectivity index (χ2v) is 12.1. The van der Waals surface area contributed by atoms with Crippen molar-refractivity contribution in [2.75, 3.05) is 0 Å². The number of aryl methyl sites for hydroxylation is 1. The van der Waals surface area contributed by atoms with E-state index < -0.39 is 5.54 Å². The van der Waals surface area contributed by atoms with Gasteiger partial charge in [0.25, 0.3) is 0 Å². The number of pyridine rings is 1. The van der Waals surface area contributed by atoms with Crippen LogP contribution in [-0.2, 0) is 18.7 Å². The van der Waals surface area contributed by atoms with Crippen molar-refractivity contribution in [1.29, 1.82) is 0 Å². The molecular formula is C42H35N7O. The molecule has 0 unspecified atom stereocenters. The van der Waals surface area contributed by atoms with Crippen LogP contribution < -0.4 is 4.74 Å². The quantitative estimate of drug-likeness (QED) is 0.130. The standard InChI is InChI=1S/C42H35N7O/c1-2-29-48-40-38(23-14-28-43-40)41(46-48)50-30-31-24-26-32(27-25-31)36-21-12-13-22-37(36)39-44-47-49(45-39)42(33-15-6-3-7-16-33,34-17-8-4-9-18-34)35-19-10-5-11-20-35/h3-28H,2,29-30H2,1H3. The lowest BCUT2D eigenvalue weighted by Crippen LogP contribution is -2.39. The summed E-state index contributed by atoms with van der Waals surface area (Å²) >= 11 is 0. The number of hydrogen-bond donors (Lipinski definition) is 0. The zero-order valence-electron chi connectivity index (χ0n) is 27.7. The molecule has 0 aliphatic heterocycles. The van der Waals surface area contributed by atoms with Crippen LogP contribution in [0.15, 0.2) is 158 Å². The Morgan fingerprint density at radius 2 is 1.22 bits per heavy atom. The Hall–Kier alpha value is -6.41. The highest BCUT2D eigenvalue weighted by atomic mass is 16.5. The van der Waals surface area contributed by atoms with E-state index in [0.29, 0.717) is 18.3 Å². The topological polar surface area (TPSA) is 83.5 Å². The van der Waals surface area contributed by atoms with E-state index in [1.165, 1.54) is 0 Å². The number of rotatable bonds is 11. The van der Waals surface area contributed by atoms with Crippen LogP contribution in [0, 0.1) is 0 Å². The third kappa shape index (κ3) is 5.60. The molecule has 0 radical (unpaired) electrons. The van der Waals surface area contributed by atoms with E-state index >= 15 is 0 Å². The van der Waals surface area contributed by atoms with Crippen LogP contribution in [0.1, 0.15) is 35.6 Å². The van der Waals surface area contributed by atoms with Crippen molar-refractivity contribution in [3.05, 3.63) is 180 Å². The molecule has 0 aliphatic rings. The van der Waals surface area contributed by atoms with E-state index in [1.807, 2.05) is 47.1 Å². The number of fused-ring (bicyclic) bond motifs is 1. The van der Waals surface area contributed by atoms with E-state index in [-0.39, 0.29) is 0 Å². The van der Waals surface area contributed by atoms with E-state index in [0.717, 1.165) is 62.9 Å². The molecule has 0 amide bonds. The fourth-order valence-electron chi connectivity index (χ4n) is 6.67. The summed E-state index contributed by atoms with van der Waals surface area (Å²) in [6.07, 6.45) is 2.76. The smallest absolute Gasteiger partial charge is 0.242 e. The number of benzene rings is 5. The average Bonchev–Trinajstić information content (AvgIpc) is 3.82. The molecule has 0 N–H and O–H groups in total. The maximum absolute atomic E-state index is 6.21. The van der Waals surface area contributed by atoms with Gasteiger partial charge in [0.15, 0.2) is 11.2 Å². The monoisotopic (exact) mass is 653 g/mol. The molecule has 50 heavy (non-hydrogen) atoms. The van der Waals surface area contributed by atoms with Crippen LogP contribution >= 0.6 is 0 Å². The molecule has 3 heterocycles. The van der Waals surface area contributed by atoms with Crippen molar-refractivity contribution in [3.8, 4) is 28.4 Å². The molecule has 8 nitrogen and oxygen atoms in total. The molecule has 0 bridgehead atoms. The minimum atomic E-state index is -0.848. The van der Waals surface area contributed by atoms with E-state index in [4.69, 9.17) is 25.2 Å². The Kier molecular flexibility index (Phi) is 8.41. The molecule has 0 aliphatic carbocycles. The van der Waals surface area contributed by atoms with Crippen molar-refractivity contribution in [2.45, 2.75) is 32.0 Å². The Morgan fingerprint density at radius 1 is 0.620 bits per heavy atom. The van der Waals surface area contributed by atoms with Gasteiger partial charge in [-0.05, 0) is 57.1 Å². The summed E-state index contributed by atoms with van der Waals surface area (Å²) in [5.74, 6) is 1.14. The molecule has 8 heteroatoms. The van der Waals surface area contributed by atoms with Gasteiger partial charge in [0.2, 0.25) is 11.7 Å². The molecule has 244 valence electrons. The Balaban J connectivity index is 1.13. The van der Waals surface area contributed by atoms with Crippen LogP contribution in [-0.4, -0.2) is 35.0 Å². The molecule has 3 aromatic heterocycles. The molecule has 5 aromatic carbocycles. The van der Waals surface area contributed by atoms with Gasteiger partial charge < -0.3 is 4.74 Å². The summed E-state index contributed by atoms with van der Waals surface area (Å²) < 4.78 is 8.13. The number of nitrogens with zero attached hydrogens (tertiary/aromatic N) is 7. The van der Waals surface area contributed by atoms with Gasteiger partial charge in [-0.15, -0.1) is 20.1 Å². The summed E-state index contributed by atoms with van der Waals surface area (Å²) in [7, 11) is 0. The van der Waals surface area contributed by atoms with Gasteiger partial charge in [-0.3, -0.25) is 0 Å². The highest BCUT2D eigenvalue weighted by Gasteiger charge is 2.41. The summed E-state index contributed by atoms with van der Waals surface area (Å²) in [4.78, 5) is 6.28. The Morgan fingerprint density at radius 3 is 1.84 bits per heavy atom. The van der Waals surface area contributed by atoms with E-state index in [9.17, 15) is 0 Å². The van der Waals surface area contributed by atoms with Crippen LogP contribution in [0.5, 0.6) is 5.88 Å². The Labute approximate surface area is 290 Å². The number of hydrogen-bond acceptors (Lipinski definition) is 6. The molecule has 0 saturated heterocycles. The van der Waals surface area contributed by atoms with Crippen LogP contribution in [0.3, 0.4) is 0 Å². The maximum atomic E-state index is 6.21. The van der Waals surface area contributed by atoms with Crippen molar-refractivity contribution < 1.29 is 4.74 Å². The normalized spacial score (nSPS) is 11.5. The molecule has 0 saturated carbocycles. The van der Waals surface area contributed by atoms with Crippen molar-refractivity contribution >= 4 is 11.0 Å². The van der Waals surface area contributed by atoms with Crippen LogP contribution in [0.4, 0.5) is 0 Å². The predicted octanol–water partition coefficient (Wildman–Crippen LogP) is 8.58. The molecular weight excluding hydrogens is 619 g/mol. The summed E-state index contributed by atoms with van der Waals surface area (Å²) in [5.41, 5.74) is 7.09. The highest BCUT2D eigenvalue weighted by molar-refractivity contribution is 5.81. The van der Waals surface area contributed by atoms with Gasteiger partial charge in [0, 0.05) is 18.3 Å². The second-order valence-electron chi connectivity index (χ2n) is 12.1. The summed E-state index contributed by atoms with van der Waals surface area (Å²) in [6, 6.07) is 51.6.